The van der Waals surface area contributed by atoms with Crippen molar-refractivity contribution in [2.24, 2.45) is 0 Å². The van der Waals surface area contributed by atoms with Gasteiger partial charge in [-0.15, -0.1) is 0 Å². The van der Waals surface area contributed by atoms with E-state index in [1.54, 1.807) is 6.07 Å². The predicted molar refractivity (Wildman–Crippen MR) is 112 cm³/mol. The molecule has 31 heavy (non-hydrogen) atoms. The van der Waals surface area contributed by atoms with Gasteiger partial charge in [0.25, 0.3) is 5.56 Å². The molecule has 0 saturated heterocycles. The third kappa shape index (κ3) is 5.29. The van der Waals surface area contributed by atoms with Crippen LogP contribution in [0.2, 0.25) is 0 Å². The molecule has 1 N–H and O–H groups in total. The van der Waals surface area contributed by atoms with Crippen LogP contribution in [0.5, 0.6) is 0 Å². The van der Waals surface area contributed by atoms with Crippen molar-refractivity contribution in [3.05, 3.63) is 76.2 Å². The zero-order chi connectivity index (χ0) is 22.6. The van der Waals surface area contributed by atoms with Gasteiger partial charge in [-0.3, -0.25) is 14.2 Å². The van der Waals surface area contributed by atoms with Gasteiger partial charge in [-0.25, -0.2) is 4.98 Å². The lowest BCUT2D eigenvalue weighted by atomic mass is 10.2. The number of amides is 1. The van der Waals surface area contributed by atoms with E-state index in [0.717, 1.165) is 10.1 Å². The maximum absolute atomic E-state index is 13.3. The van der Waals surface area contributed by atoms with Gasteiger partial charge in [0.2, 0.25) is 11.6 Å². The number of aromatic nitrogens is 2. The number of likely N-dealkylation sites (N-methyl/N-ethyl adjacent to an activating group) is 1. The molecule has 6 nitrogen and oxygen atoms in total. The molecule has 0 bridgehead atoms. The molecule has 1 atom stereocenters. The van der Waals surface area contributed by atoms with Gasteiger partial charge < -0.3 is 10.2 Å². The van der Waals surface area contributed by atoms with Crippen LogP contribution < -0.4 is 10.9 Å². The van der Waals surface area contributed by atoms with Crippen LogP contribution in [0.15, 0.2) is 59.4 Å². The Balaban J connectivity index is 1.74. The van der Waals surface area contributed by atoms with E-state index in [2.05, 4.69) is 10.3 Å². The first-order valence-corrected chi connectivity index (χ1v) is 9.77. The summed E-state index contributed by atoms with van der Waals surface area (Å²) >= 11 is 0. The number of para-hydroxylation sites is 2. The number of nitrogens with zero attached hydrogens (tertiary/aromatic N) is 3. The molecule has 0 radical (unpaired) electrons. The molecule has 1 amide bonds. The molecule has 0 fully saturated rings. The van der Waals surface area contributed by atoms with Crippen molar-refractivity contribution < 1.29 is 18.0 Å². The van der Waals surface area contributed by atoms with Gasteiger partial charge in [-0.2, -0.15) is 13.2 Å². The molecular formula is C22H23F3N4O2. The lowest BCUT2D eigenvalue weighted by Crippen LogP contribution is -2.41. The Bertz CT molecular complexity index is 1110. The van der Waals surface area contributed by atoms with Crippen LogP contribution in [0.3, 0.4) is 0 Å². The molecule has 0 unspecified atom stereocenters. The van der Waals surface area contributed by atoms with Crippen molar-refractivity contribution in [1.82, 2.24) is 19.8 Å². The van der Waals surface area contributed by atoms with Crippen molar-refractivity contribution in [2.75, 3.05) is 20.1 Å². The van der Waals surface area contributed by atoms with E-state index in [1.807, 2.05) is 42.3 Å². The van der Waals surface area contributed by atoms with Gasteiger partial charge in [-0.1, -0.05) is 42.5 Å². The molecule has 0 spiro atoms. The zero-order valence-corrected chi connectivity index (χ0v) is 17.2. The minimum atomic E-state index is -4.92. The van der Waals surface area contributed by atoms with E-state index >= 15 is 0 Å². The number of hydrogen-bond acceptors (Lipinski definition) is 4. The summed E-state index contributed by atoms with van der Waals surface area (Å²) in [5, 5.41) is 2.71. The topological polar surface area (TPSA) is 67.2 Å². The van der Waals surface area contributed by atoms with Gasteiger partial charge in [-0.05, 0) is 31.7 Å². The van der Waals surface area contributed by atoms with E-state index in [1.165, 1.54) is 25.1 Å². The molecule has 164 valence electrons. The van der Waals surface area contributed by atoms with Crippen LogP contribution in [0.1, 0.15) is 24.2 Å². The largest absolute Gasteiger partial charge is 0.438 e. The second kappa shape index (κ2) is 9.30. The highest BCUT2D eigenvalue weighted by atomic mass is 19.4. The van der Waals surface area contributed by atoms with Gasteiger partial charge in [0.05, 0.1) is 11.0 Å². The lowest BCUT2D eigenvalue weighted by molar-refractivity contribution is -0.142. The Labute approximate surface area is 177 Å². The van der Waals surface area contributed by atoms with Gasteiger partial charge >= 0.3 is 6.18 Å². The minimum absolute atomic E-state index is 0.00308. The molecule has 0 saturated carbocycles. The fraction of sp³-hybridized carbons (Fsp3) is 0.318. The van der Waals surface area contributed by atoms with Crippen molar-refractivity contribution in [1.29, 1.82) is 0 Å². The van der Waals surface area contributed by atoms with Crippen molar-refractivity contribution in [3.63, 3.8) is 0 Å². The van der Waals surface area contributed by atoms with Gasteiger partial charge in [0.15, 0.2) is 0 Å². The van der Waals surface area contributed by atoms with Crippen molar-refractivity contribution in [3.8, 4) is 0 Å². The quantitative estimate of drug-likeness (QED) is 0.623. The normalized spacial score (nSPS) is 12.8. The molecule has 1 aromatic heterocycles. The maximum atomic E-state index is 13.3. The van der Waals surface area contributed by atoms with Crippen molar-refractivity contribution >= 4 is 16.9 Å². The molecule has 2 aromatic carbocycles. The van der Waals surface area contributed by atoms with Crippen LogP contribution in [0.25, 0.3) is 11.0 Å². The smallest absolute Gasteiger partial charge is 0.353 e. The summed E-state index contributed by atoms with van der Waals surface area (Å²) in [6.07, 6.45) is -4.92. The summed E-state index contributed by atoms with van der Waals surface area (Å²) in [7, 11) is 1.90. The summed E-state index contributed by atoms with van der Waals surface area (Å²) in [6.45, 7) is 2.91. The van der Waals surface area contributed by atoms with E-state index in [4.69, 9.17) is 0 Å². The number of halogens is 3. The van der Waals surface area contributed by atoms with Crippen LogP contribution >= 0.6 is 0 Å². The summed E-state index contributed by atoms with van der Waals surface area (Å²) in [4.78, 5) is 30.7. The molecule has 0 aliphatic rings. The summed E-state index contributed by atoms with van der Waals surface area (Å²) in [6, 6.07) is 14.6. The predicted octanol–water partition coefficient (Wildman–Crippen LogP) is 3.22. The number of hydrogen-bond donors (Lipinski definition) is 1. The second-order valence-electron chi connectivity index (χ2n) is 7.31. The fourth-order valence-electron chi connectivity index (χ4n) is 3.33. The first-order valence-electron chi connectivity index (χ1n) is 9.77. The molecular weight excluding hydrogens is 409 g/mol. The third-order valence-corrected chi connectivity index (χ3v) is 4.92. The number of carbonyl (C=O) groups excluding carboxylic acids is 1. The Kier molecular flexibility index (Phi) is 6.74. The van der Waals surface area contributed by atoms with Crippen molar-refractivity contribution in [2.45, 2.75) is 25.7 Å². The molecule has 0 aliphatic carbocycles. The lowest BCUT2D eigenvalue weighted by Gasteiger charge is -2.21. The van der Waals surface area contributed by atoms with Crippen LogP contribution in [0, 0.1) is 0 Å². The van der Waals surface area contributed by atoms with E-state index in [-0.39, 0.29) is 17.6 Å². The first kappa shape index (κ1) is 22.5. The SMILES string of the molecule is C[C@H](C(=O)NCCN(C)Cc1ccccc1)n1c(=O)c(C(F)(F)F)nc2ccccc21. The first-order chi connectivity index (χ1) is 14.7. The minimum Gasteiger partial charge on any atom is -0.353 e. The van der Waals surface area contributed by atoms with E-state index < -0.39 is 29.4 Å². The van der Waals surface area contributed by atoms with Crippen LogP contribution in [-0.2, 0) is 17.5 Å². The Morgan fingerprint density at radius 2 is 1.77 bits per heavy atom. The molecule has 3 rings (SSSR count). The zero-order valence-electron chi connectivity index (χ0n) is 17.2. The summed E-state index contributed by atoms with van der Waals surface area (Å²) in [5.41, 5.74) is -1.58. The molecule has 9 heteroatoms. The van der Waals surface area contributed by atoms with E-state index in [0.29, 0.717) is 13.1 Å². The number of nitrogens with one attached hydrogen (secondary N) is 1. The second-order valence-corrected chi connectivity index (χ2v) is 7.31. The Morgan fingerprint density at radius 1 is 1.13 bits per heavy atom. The number of rotatable bonds is 7. The monoisotopic (exact) mass is 432 g/mol. The number of carbonyl (C=O) groups is 1. The molecule has 0 aliphatic heterocycles. The highest BCUT2D eigenvalue weighted by Gasteiger charge is 2.38. The summed E-state index contributed by atoms with van der Waals surface area (Å²) in [5.74, 6) is -0.542. The summed E-state index contributed by atoms with van der Waals surface area (Å²) < 4.78 is 40.8. The number of benzene rings is 2. The number of alkyl halides is 3. The standard InChI is InChI=1S/C22H23F3N4O2/c1-15(20(30)26-12-13-28(2)14-16-8-4-3-5-9-16)29-18-11-7-6-10-17(18)27-19(21(29)31)22(23,24)25/h3-11,15H,12-14H2,1-2H3,(H,26,30)/t15-/m1/s1. The van der Waals surface area contributed by atoms with Crippen LogP contribution in [-0.4, -0.2) is 40.5 Å². The van der Waals surface area contributed by atoms with Gasteiger partial charge in [0, 0.05) is 19.6 Å². The maximum Gasteiger partial charge on any atom is 0.438 e. The Hall–Kier alpha value is -3.20. The Morgan fingerprint density at radius 3 is 2.45 bits per heavy atom. The van der Waals surface area contributed by atoms with Crippen LogP contribution in [0.4, 0.5) is 13.2 Å². The van der Waals surface area contributed by atoms with E-state index in [9.17, 15) is 22.8 Å². The highest BCUT2D eigenvalue weighted by Crippen LogP contribution is 2.27. The highest BCUT2D eigenvalue weighted by molar-refractivity contribution is 5.83. The molecule has 3 aromatic rings. The molecule has 1 heterocycles. The number of fused-ring (bicyclic) bond motifs is 1. The fourth-order valence-corrected chi connectivity index (χ4v) is 3.33. The third-order valence-electron chi connectivity index (χ3n) is 4.92. The average Bonchev–Trinajstić information content (AvgIpc) is 2.72. The van der Waals surface area contributed by atoms with Gasteiger partial charge in [0.1, 0.15) is 6.04 Å². The average molecular weight is 432 g/mol.